The molecule has 3 aromatic heterocycles. The van der Waals surface area contributed by atoms with Gasteiger partial charge in [-0.3, -0.25) is 4.68 Å². The summed E-state index contributed by atoms with van der Waals surface area (Å²) in [6, 6.07) is 14.2. The van der Waals surface area contributed by atoms with Crippen LogP contribution >= 0.6 is 11.6 Å². The number of imidazole rings is 1. The van der Waals surface area contributed by atoms with Gasteiger partial charge in [-0.2, -0.15) is 5.10 Å². The molecule has 6 heteroatoms. The van der Waals surface area contributed by atoms with Crippen molar-refractivity contribution in [3.8, 4) is 22.5 Å². The molecule has 0 N–H and O–H groups in total. The highest BCUT2D eigenvalue weighted by molar-refractivity contribution is 6.29. The molecule has 0 saturated heterocycles. The Hall–Kier alpha value is -2.92. The SMILES string of the molecule is Cc1cnn(C(C)Cn2cnc(-c3ccccc3)c2-c2ccc(Cl)nc2)c1. The zero-order valence-electron chi connectivity index (χ0n) is 15.2. The molecule has 136 valence electrons. The molecule has 0 spiro atoms. The van der Waals surface area contributed by atoms with Crippen molar-refractivity contribution in [3.63, 3.8) is 0 Å². The van der Waals surface area contributed by atoms with E-state index in [1.807, 2.05) is 54.5 Å². The first-order chi connectivity index (χ1) is 13.1. The van der Waals surface area contributed by atoms with Gasteiger partial charge in [0.1, 0.15) is 5.15 Å². The van der Waals surface area contributed by atoms with Crippen LogP contribution in [-0.4, -0.2) is 24.3 Å². The van der Waals surface area contributed by atoms with Crippen LogP contribution in [0.1, 0.15) is 18.5 Å². The van der Waals surface area contributed by atoms with E-state index in [1.165, 1.54) is 0 Å². The topological polar surface area (TPSA) is 48.5 Å². The van der Waals surface area contributed by atoms with Gasteiger partial charge in [0.15, 0.2) is 0 Å². The fourth-order valence-corrected chi connectivity index (χ4v) is 3.30. The molecule has 0 radical (unpaired) electrons. The summed E-state index contributed by atoms with van der Waals surface area (Å²) >= 11 is 5.99. The summed E-state index contributed by atoms with van der Waals surface area (Å²) in [6.45, 7) is 4.95. The summed E-state index contributed by atoms with van der Waals surface area (Å²) in [7, 11) is 0. The molecule has 4 aromatic rings. The molecule has 1 unspecified atom stereocenters. The highest BCUT2D eigenvalue weighted by Gasteiger charge is 2.17. The van der Waals surface area contributed by atoms with Crippen molar-refractivity contribution < 1.29 is 0 Å². The predicted octanol–water partition coefficient (Wildman–Crippen LogP) is 5.03. The quantitative estimate of drug-likeness (QED) is 0.458. The molecular formula is C21H20ClN5. The van der Waals surface area contributed by atoms with E-state index in [0.717, 1.165) is 34.6 Å². The zero-order chi connectivity index (χ0) is 18.8. The van der Waals surface area contributed by atoms with Crippen molar-refractivity contribution in [1.29, 1.82) is 0 Å². The van der Waals surface area contributed by atoms with Crippen molar-refractivity contribution in [2.45, 2.75) is 26.4 Å². The third-order valence-corrected chi connectivity index (χ3v) is 4.75. The van der Waals surface area contributed by atoms with E-state index >= 15 is 0 Å². The fraction of sp³-hybridized carbons (Fsp3) is 0.190. The molecule has 0 bridgehead atoms. The lowest BCUT2D eigenvalue weighted by Crippen LogP contribution is -2.14. The average Bonchev–Trinajstić information content (AvgIpc) is 3.30. The summed E-state index contributed by atoms with van der Waals surface area (Å²) in [4.78, 5) is 8.97. The summed E-state index contributed by atoms with van der Waals surface area (Å²) < 4.78 is 4.15. The van der Waals surface area contributed by atoms with E-state index in [0.29, 0.717) is 5.15 Å². The highest BCUT2D eigenvalue weighted by atomic mass is 35.5. The lowest BCUT2D eigenvalue weighted by atomic mass is 10.1. The summed E-state index contributed by atoms with van der Waals surface area (Å²) in [5.41, 5.74) is 5.17. The number of hydrogen-bond donors (Lipinski definition) is 0. The molecule has 0 aliphatic rings. The Bertz CT molecular complexity index is 1030. The van der Waals surface area contributed by atoms with E-state index in [-0.39, 0.29) is 6.04 Å². The van der Waals surface area contributed by atoms with Crippen molar-refractivity contribution in [2.75, 3.05) is 0 Å². The Kier molecular flexibility index (Phi) is 4.77. The lowest BCUT2D eigenvalue weighted by Gasteiger charge is -2.16. The van der Waals surface area contributed by atoms with Crippen LogP contribution in [0, 0.1) is 6.92 Å². The molecule has 5 nitrogen and oxygen atoms in total. The molecule has 0 fully saturated rings. The van der Waals surface area contributed by atoms with Crippen LogP contribution in [0.5, 0.6) is 0 Å². The summed E-state index contributed by atoms with van der Waals surface area (Å²) in [6.07, 6.45) is 7.62. The number of aromatic nitrogens is 5. The van der Waals surface area contributed by atoms with Crippen molar-refractivity contribution in [2.24, 2.45) is 0 Å². The average molecular weight is 378 g/mol. The minimum Gasteiger partial charge on any atom is -0.328 e. The smallest absolute Gasteiger partial charge is 0.129 e. The van der Waals surface area contributed by atoms with Gasteiger partial charge in [0.2, 0.25) is 0 Å². The van der Waals surface area contributed by atoms with Crippen molar-refractivity contribution in [3.05, 3.63) is 78.1 Å². The molecule has 27 heavy (non-hydrogen) atoms. The number of aryl methyl sites for hydroxylation is 1. The minimum atomic E-state index is 0.190. The largest absolute Gasteiger partial charge is 0.328 e. The van der Waals surface area contributed by atoms with Crippen LogP contribution in [0.15, 0.2) is 67.4 Å². The molecule has 0 aliphatic heterocycles. The molecule has 3 heterocycles. The maximum Gasteiger partial charge on any atom is 0.129 e. The van der Waals surface area contributed by atoms with Gasteiger partial charge in [0, 0.05) is 30.1 Å². The number of rotatable bonds is 5. The standard InChI is InChI=1S/C21H20ClN5/c1-15-10-25-27(12-15)16(2)13-26-14-24-20(17-6-4-3-5-7-17)21(26)18-8-9-19(22)23-11-18/h3-12,14,16H,13H2,1-2H3. The highest BCUT2D eigenvalue weighted by Crippen LogP contribution is 2.32. The molecule has 4 rings (SSSR count). The van der Waals surface area contributed by atoms with Gasteiger partial charge in [0.05, 0.1) is 30.0 Å². The van der Waals surface area contributed by atoms with Crippen molar-refractivity contribution in [1.82, 2.24) is 24.3 Å². The van der Waals surface area contributed by atoms with E-state index in [4.69, 9.17) is 16.6 Å². The maximum absolute atomic E-state index is 5.99. The van der Waals surface area contributed by atoms with Crippen LogP contribution in [0.25, 0.3) is 22.5 Å². The molecular weight excluding hydrogens is 358 g/mol. The van der Waals surface area contributed by atoms with Gasteiger partial charge in [0.25, 0.3) is 0 Å². The first kappa shape index (κ1) is 17.5. The van der Waals surface area contributed by atoms with E-state index in [1.54, 1.807) is 6.20 Å². The number of hydrogen-bond acceptors (Lipinski definition) is 3. The van der Waals surface area contributed by atoms with Crippen LogP contribution in [0.2, 0.25) is 5.15 Å². The Morgan fingerprint density at radius 1 is 1.00 bits per heavy atom. The molecule has 1 aromatic carbocycles. The number of benzene rings is 1. The second-order valence-corrected chi connectivity index (χ2v) is 7.06. The van der Waals surface area contributed by atoms with Crippen LogP contribution in [-0.2, 0) is 6.54 Å². The molecule has 0 aliphatic carbocycles. The third kappa shape index (κ3) is 3.64. The lowest BCUT2D eigenvalue weighted by molar-refractivity contribution is 0.427. The normalized spacial score (nSPS) is 12.3. The number of nitrogens with zero attached hydrogens (tertiary/aromatic N) is 5. The van der Waals surface area contributed by atoms with E-state index in [9.17, 15) is 0 Å². The fourth-order valence-electron chi connectivity index (χ4n) is 3.19. The molecule has 1 atom stereocenters. The number of pyridine rings is 1. The van der Waals surface area contributed by atoms with Gasteiger partial charge < -0.3 is 4.57 Å². The monoisotopic (exact) mass is 377 g/mol. The van der Waals surface area contributed by atoms with Gasteiger partial charge in [-0.1, -0.05) is 41.9 Å². The van der Waals surface area contributed by atoms with Crippen molar-refractivity contribution >= 4 is 11.6 Å². The third-order valence-electron chi connectivity index (χ3n) is 4.53. The first-order valence-electron chi connectivity index (χ1n) is 8.85. The minimum absolute atomic E-state index is 0.190. The van der Waals surface area contributed by atoms with Crippen LogP contribution in [0.4, 0.5) is 0 Å². The first-order valence-corrected chi connectivity index (χ1v) is 9.23. The Balaban J connectivity index is 1.77. The van der Waals surface area contributed by atoms with Gasteiger partial charge in [-0.05, 0) is 31.5 Å². The van der Waals surface area contributed by atoms with Gasteiger partial charge >= 0.3 is 0 Å². The summed E-state index contributed by atoms with van der Waals surface area (Å²) in [5, 5.41) is 4.92. The van der Waals surface area contributed by atoms with Gasteiger partial charge in [-0.15, -0.1) is 0 Å². The van der Waals surface area contributed by atoms with Crippen LogP contribution in [0.3, 0.4) is 0 Å². The van der Waals surface area contributed by atoms with Gasteiger partial charge in [-0.25, -0.2) is 9.97 Å². The Morgan fingerprint density at radius 2 is 1.81 bits per heavy atom. The summed E-state index contributed by atoms with van der Waals surface area (Å²) in [5.74, 6) is 0. The maximum atomic E-state index is 5.99. The Labute approximate surface area is 163 Å². The predicted molar refractivity (Wildman–Crippen MR) is 108 cm³/mol. The van der Waals surface area contributed by atoms with Crippen LogP contribution < -0.4 is 0 Å². The number of halogens is 1. The Morgan fingerprint density at radius 3 is 2.48 bits per heavy atom. The molecule has 0 amide bonds. The second-order valence-electron chi connectivity index (χ2n) is 6.68. The van der Waals surface area contributed by atoms with E-state index < -0.39 is 0 Å². The molecule has 0 saturated carbocycles. The zero-order valence-corrected chi connectivity index (χ0v) is 16.0. The van der Waals surface area contributed by atoms with E-state index in [2.05, 4.69) is 39.9 Å². The second kappa shape index (κ2) is 7.37.